The van der Waals surface area contributed by atoms with E-state index in [4.69, 9.17) is 4.74 Å². The molecule has 170 valence electrons. The minimum absolute atomic E-state index is 0.0282. The number of carbonyl (C=O) groups excluding carboxylic acids is 2. The quantitative estimate of drug-likeness (QED) is 0.494. The first kappa shape index (κ1) is 22.6. The highest BCUT2D eigenvalue weighted by molar-refractivity contribution is 6.07. The Bertz CT molecular complexity index is 1090. The van der Waals surface area contributed by atoms with Gasteiger partial charge in [-0.25, -0.2) is 4.79 Å². The highest BCUT2D eigenvalue weighted by Gasteiger charge is 2.52. The van der Waals surface area contributed by atoms with Crippen LogP contribution in [0.15, 0.2) is 84.9 Å². The first-order valence-corrected chi connectivity index (χ1v) is 11.1. The van der Waals surface area contributed by atoms with E-state index in [1.807, 2.05) is 84.9 Å². The number of nitrogens with zero attached hydrogens (tertiary/aromatic N) is 1. The molecule has 1 aliphatic heterocycles. The summed E-state index contributed by atoms with van der Waals surface area (Å²) in [6, 6.07) is 25.9. The second-order valence-electron chi connectivity index (χ2n) is 8.24. The third kappa shape index (κ3) is 4.91. The zero-order valence-electron chi connectivity index (χ0n) is 18.6. The van der Waals surface area contributed by atoms with E-state index in [1.54, 1.807) is 0 Å². The lowest BCUT2D eigenvalue weighted by molar-refractivity contribution is -0.132. The van der Waals surface area contributed by atoms with Crippen molar-refractivity contribution in [2.75, 3.05) is 13.2 Å². The first-order valence-electron chi connectivity index (χ1n) is 11.1. The normalized spacial score (nSPS) is 18.8. The Hall–Kier alpha value is -3.64. The maximum Gasteiger partial charge on any atom is 0.325 e. The Kier molecular flexibility index (Phi) is 6.75. The number of benzene rings is 3. The van der Waals surface area contributed by atoms with Gasteiger partial charge in [-0.2, -0.15) is 0 Å². The number of carbonyl (C=O) groups is 2. The Morgan fingerprint density at radius 1 is 0.909 bits per heavy atom. The van der Waals surface area contributed by atoms with Gasteiger partial charge in [-0.1, -0.05) is 79.7 Å². The highest BCUT2D eigenvalue weighted by Crippen LogP contribution is 2.33. The van der Waals surface area contributed by atoms with Crippen LogP contribution >= 0.6 is 0 Å². The SMILES string of the molecule is CCc1ccc(OCC(O)CN2C(=O)NC(Cc3ccccc3)(c3ccccc3)C2=O)cc1. The number of ether oxygens (including phenoxy) is 1. The average molecular weight is 445 g/mol. The first-order chi connectivity index (χ1) is 16.0. The highest BCUT2D eigenvalue weighted by atomic mass is 16.5. The molecule has 2 N–H and O–H groups in total. The molecule has 4 rings (SSSR count). The van der Waals surface area contributed by atoms with Crippen LogP contribution in [-0.2, 0) is 23.2 Å². The van der Waals surface area contributed by atoms with Crippen molar-refractivity contribution < 1.29 is 19.4 Å². The van der Waals surface area contributed by atoms with Crippen molar-refractivity contribution in [2.45, 2.75) is 31.4 Å². The van der Waals surface area contributed by atoms with Crippen molar-refractivity contribution in [3.05, 3.63) is 102 Å². The van der Waals surface area contributed by atoms with Gasteiger partial charge in [0.05, 0.1) is 6.54 Å². The summed E-state index contributed by atoms with van der Waals surface area (Å²) in [7, 11) is 0. The molecule has 6 nitrogen and oxygen atoms in total. The van der Waals surface area contributed by atoms with E-state index in [-0.39, 0.29) is 19.1 Å². The molecule has 6 heteroatoms. The molecule has 3 aromatic carbocycles. The molecule has 0 radical (unpaired) electrons. The fourth-order valence-electron chi connectivity index (χ4n) is 4.11. The lowest BCUT2D eigenvalue weighted by Crippen LogP contribution is -2.46. The van der Waals surface area contributed by atoms with Crippen LogP contribution in [0.2, 0.25) is 0 Å². The van der Waals surface area contributed by atoms with Gasteiger partial charge in [-0.15, -0.1) is 0 Å². The number of hydrogen-bond acceptors (Lipinski definition) is 4. The molecule has 0 bridgehead atoms. The number of aliphatic hydroxyl groups is 1. The molecule has 1 heterocycles. The molecule has 0 saturated carbocycles. The number of hydrogen-bond donors (Lipinski definition) is 2. The smallest absolute Gasteiger partial charge is 0.325 e. The number of imide groups is 1. The Morgan fingerprint density at radius 2 is 1.55 bits per heavy atom. The van der Waals surface area contributed by atoms with Crippen molar-refractivity contribution in [1.82, 2.24) is 10.2 Å². The van der Waals surface area contributed by atoms with E-state index in [0.29, 0.717) is 17.7 Å². The summed E-state index contributed by atoms with van der Waals surface area (Å²) >= 11 is 0. The van der Waals surface area contributed by atoms with E-state index in [1.165, 1.54) is 5.56 Å². The van der Waals surface area contributed by atoms with Crippen molar-refractivity contribution >= 4 is 11.9 Å². The topological polar surface area (TPSA) is 78.9 Å². The summed E-state index contributed by atoms with van der Waals surface area (Å²) < 4.78 is 5.66. The maximum absolute atomic E-state index is 13.6. The van der Waals surface area contributed by atoms with Gasteiger partial charge < -0.3 is 15.2 Å². The molecule has 33 heavy (non-hydrogen) atoms. The van der Waals surface area contributed by atoms with Gasteiger partial charge in [0.1, 0.15) is 18.5 Å². The molecular formula is C27H28N2O4. The summed E-state index contributed by atoms with van der Waals surface area (Å²) in [5, 5.41) is 13.4. The molecule has 3 aromatic rings. The third-order valence-corrected chi connectivity index (χ3v) is 5.92. The number of nitrogens with one attached hydrogen (secondary N) is 1. The molecule has 3 amide bonds. The Morgan fingerprint density at radius 3 is 2.18 bits per heavy atom. The zero-order valence-corrected chi connectivity index (χ0v) is 18.6. The summed E-state index contributed by atoms with van der Waals surface area (Å²) in [6.45, 7) is 1.89. The lowest BCUT2D eigenvalue weighted by Gasteiger charge is -2.28. The van der Waals surface area contributed by atoms with Gasteiger partial charge in [-0.05, 0) is 35.2 Å². The zero-order chi connectivity index (χ0) is 23.3. The van der Waals surface area contributed by atoms with Crippen LogP contribution in [0.1, 0.15) is 23.6 Å². The average Bonchev–Trinajstić information content (AvgIpc) is 3.09. The van der Waals surface area contributed by atoms with Gasteiger partial charge in [0, 0.05) is 6.42 Å². The maximum atomic E-state index is 13.6. The molecule has 1 fully saturated rings. The number of aryl methyl sites for hydroxylation is 1. The minimum Gasteiger partial charge on any atom is -0.491 e. The van der Waals surface area contributed by atoms with Gasteiger partial charge in [0.15, 0.2) is 5.54 Å². The van der Waals surface area contributed by atoms with Crippen molar-refractivity contribution in [1.29, 1.82) is 0 Å². The number of urea groups is 1. The van der Waals surface area contributed by atoms with Crippen molar-refractivity contribution in [3.63, 3.8) is 0 Å². The summed E-state index contributed by atoms with van der Waals surface area (Å²) in [4.78, 5) is 27.6. The molecule has 2 unspecified atom stereocenters. The Labute approximate surface area is 193 Å². The van der Waals surface area contributed by atoms with Crippen LogP contribution in [0.4, 0.5) is 4.79 Å². The number of aliphatic hydroxyl groups excluding tert-OH is 1. The van der Waals surface area contributed by atoms with E-state index in [9.17, 15) is 14.7 Å². The summed E-state index contributed by atoms with van der Waals surface area (Å²) in [6.07, 6.45) is 0.227. The van der Waals surface area contributed by atoms with Gasteiger partial charge >= 0.3 is 6.03 Å². The second-order valence-corrected chi connectivity index (χ2v) is 8.24. The molecule has 0 spiro atoms. The van der Waals surface area contributed by atoms with Crippen LogP contribution in [0.5, 0.6) is 5.75 Å². The van der Waals surface area contributed by atoms with E-state index >= 15 is 0 Å². The predicted octanol–water partition coefficient (Wildman–Crippen LogP) is 3.68. The number of amides is 3. The van der Waals surface area contributed by atoms with E-state index < -0.39 is 17.7 Å². The van der Waals surface area contributed by atoms with Gasteiger partial charge in [-0.3, -0.25) is 9.69 Å². The van der Waals surface area contributed by atoms with E-state index in [2.05, 4.69) is 12.2 Å². The number of β-amino-alcohol motifs (C(OH)–C–C–N with tert-alkyl or cyclic N) is 1. The fourth-order valence-corrected chi connectivity index (χ4v) is 4.11. The second kappa shape index (κ2) is 9.88. The standard InChI is InChI=1S/C27H28N2O4/c1-2-20-13-15-24(16-14-20)33-19-23(30)18-29-25(31)27(28-26(29)32,22-11-7-4-8-12-22)17-21-9-5-3-6-10-21/h3-16,23,30H,2,17-19H2,1H3,(H,28,32). The molecule has 0 aromatic heterocycles. The largest absolute Gasteiger partial charge is 0.491 e. The van der Waals surface area contributed by atoms with Gasteiger partial charge in [0.2, 0.25) is 0 Å². The van der Waals surface area contributed by atoms with Crippen LogP contribution in [0, 0.1) is 0 Å². The third-order valence-electron chi connectivity index (χ3n) is 5.92. The molecule has 0 aliphatic carbocycles. The van der Waals surface area contributed by atoms with Crippen LogP contribution in [0.25, 0.3) is 0 Å². The Balaban J connectivity index is 1.49. The van der Waals surface area contributed by atoms with Gasteiger partial charge in [0.25, 0.3) is 5.91 Å². The number of rotatable bonds is 9. The summed E-state index contributed by atoms with van der Waals surface area (Å²) in [5.74, 6) is 0.250. The predicted molar refractivity (Wildman–Crippen MR) is 126 cm³/mol. The van der Waals surface area contributed by atoms with E-state index in [0.717, 1.165) is 16.9 Å². The molecule has 2 atom stereocenters. The van der Waals surface area contributed by atoms with Crippen LogP contribution < -0.4 is 10.1 Å². The minimum atomic E-state index is -1.23. The van der Waals surface area contributed by atoms with Crippen molar-refractivity contribution in [3.8, 4) is 5.75 Å². The fraction of sp³-hybridized carbons (Fsp3) is 0.259. The monoisotopic (exact) mass is 444 g/mol. The van der Waals surface area contributed by atoms with Crippen LogP contribution in [0.3, 0.4) is 0 Å². The summed E-state index contributed by atoms with van der Waals surface area (Å²) in [5.41, 5.74) is 1.60. The van der Waals surface area contributed by atoms with Crippen molar-refractivity contribution in [2.24, 2.45) is 0 Å². The molecule has 1 saturated heterocycles. The molecule has 1 aliphatic rings. The van der Waals surface area contributed by atoms with Crippen LogP contribution in [-0.4, -0.2) is 41.2 Å². The lowest BCUT2D eigenvalue weighted by atomic mass is 9.83. The molecular weight excluding hydrogens is 416 g/mol.